The van der Waals surface area contributed by atoms with E-state index in [1.165, 1.54) is 6.07 Å². The molecule has 44 heavy (non-hydrogen) atoms. The average molecular weight is 599 g/mol. The molecule has 0 spiro atoms. The van der Waals surface area contributed by atoms with E-state index in [1.807, 2.05) is 35.2 Å². The molecule has 12 heteroatoms. The molecule has 12 nitrogen and oxygen atoms in total. The van der Waals surface area contributed by atoms with E-state index in [4.69, 9.17) is 15.6 Å². The summed E-state index contributed by atoms with van der Waals surface area (Å²) in [7, 11) is 0. The molecular formula is C32H34N6O6. The molecule has 228 valence electrons. The van der Waals surface area contributed by atoms with E-state index in [1.54, 1.807) is 37.3 Å². The van der Waals surface area contributed by atoms with E-state index in [2.05, 4.69) is 15.4 Å². The normalized spacial score (nSPS) is 14.5. The summed E-state index contributed by atoms with van der Waals surface area (Å²) in [5.41, 5.74) is 11.5. The van der Waals surface area contributed by atoms with Crippen LogP contribution in [0.4, 0.5) is 5.69 Å². The van der Waals surface area contributed by atoms with E-state index in [-0.39, 0.29) is 23.9 Å². The minimum Gasteiger partial charge on any atom is -0.494 e. The van der Waals surface area contributed by atoms with Crippen molar-refractivity contribution < 1.29 is 29.4 Å². The van der Waals surface area contributed by atoms with Crippen molar-refractivity contribution in [1.29, 1.82) is 0 Å². The first-order valence-corrected chi connectivity index (χ1v) is 14.2. The van der Waals surface area contributed by atoms with Gasteiger partial charge in [0.05, 0.1) is 35.7 Å². The fourth-order valence-corrected chi connectivity index (χ4v) is 5.22. The number of nitrogens with one attached hydrogen (secondary N) is 2. The Morgan fingerprint density at radius 2 is 1.66 bits per heavy atom. The van der Waals surface area contributed by atoms with E-state index < -0.39 is 11.9 Å². The number of carbonyl (C=O) groups is 3. The van der Waals surface area contributed by atoms with Gasteiger partial charge in [-0.2, -0.15) is 0 Å². The van der Waals surface area contributed by atoms with Gasteiger partial charge in [-0.05, 0) is 48.9 Å². The number of benzene rings is 3. The highest BCUT2D eigenvalue weighted by Crippen LogP contribution is 2.33. The minimum absolute atomic E-state index is 0.134. The predicted octanol–water partition coefficient (Wildman–Crippen LogP) is 2.81. The van der Waals surface area contributed by atoms with Crippen molar-refractivity contribution >= 4 is 40.1 Å². The molecule has 0 bridgehead atoms. The summed E-state index contributed by atoms with van der Waals surface area (Å²) in [6.07, 6.45) is 0. The molecule has 1 fully saturated rings. The zero-order valence-electron chi connectivity index (χ0n) is 24.2. The van der Waals surface area contributed by atoms with E-state index in [9.17, 15) is 24.6 Å². The fourth-order valence-electron chi connectivity index (χ4n) is 5.22. The molecule has 0 radical (unpaired) electrons. The summed E-state index contributed by atoms with van der Waals surface area (Å²) in [5.74, 6) is -1.91. The number of carboxylic acid groups (broad SMARTS) is 1. The first-order valence-electron chi connectivity index (χ1n) is 14.2. The Bertz CT molecular complexity index is 1690. The largest absolute Gasteiger partial charge is 0.494 e. The van der Waals surface area contributed by atoms with E-state index in [0.29, 0.717) is 52.1 Å². The number of aryl methyl sites for hydroxylation is 1. The monoisotopic (exact) mass is 598 g/mol. The Morgan fingerprint density at radius 3 is 2.32 bits per heavy atom. The number of aromatic hydroxyl groups is 1. The quantitative estimate of drug-likeness (QED) is 0.0996. The Morgan fingerprint density at radius 1 is 0.977 bits per heavy atom. The molecule has 1 aliphatic heterocycles. The van der Waals surface area contributed by atoms with Crippen LogP contribution >= 0.6 is 0 Å². The Labute approximate surface area is 253 Å². The van der Waals surface area contributed by atoms with Crippen LogP contribution in [-0.2, 0) is 9.63 Å². The lowest BCUT2D eigenvalue weighted by atomic mass is 9.98. The number of aliphatic imine (C=N–C) groups is 1. The standard InChI is InChI=1S/C32H34N6O6/c1-20-17-25-26(18-24(20)32(42)43)35-31(41)28(25)29(21-5-3-2-4-6-21)34-23-9-7-22(8-10-23)30(40)36-44-16-15-37-11-13-38(14-12-37)19-27(33)39/h2-10,17-18,35,41H,11-16,19H2,1H3,(H2,33,39)(H,36,40)(H,42,43). The number of carbonyl (C=O) groups excluding carboxylic acids is 2. The lowest BCUT2D eigenvalue weighted by Crippen LogP contribution is -2.49. The number of H-pyrrole nitrogens is 1. The van der Waals surface area contributed by atoms with Crippen LogP contribution < -0.4 is 11.2 Å². The van der Waals surface area contributed by atoms with Gasteiger partial charge in [-0.3, -0.25) is 24.2 Å². The second-order valence-electron chi connectivity index (χ2n) is 10.6. The summed E-state index contributed by atoms with van der Waals surface area (Å²) >= 11 is 0. The molecule has 6 N–H and O–H groups in total. The van der Waals surface area contributed by atoms with Crippen molar-refractivity contribution in [1.82, 2.24) is 20.3 Å². The molecule has 4 aromatic rings. The first-order chi connectivity index (χ1) is 21.2. The van der Waals surface area contributed by atoms with E-state index in [0.717, 1.165) is 31.7 Å². The number of nitrogens with zero attached hydrogens (tertiary/aromatic N) is 3. The predicted molar refractivity (Wildman–Crippen MR) is 165 cm³/mol. The summed E-state index contributed by atoms with van der Waals surface area (Å²) in [6.45, 7) is 6.00. The molecule has 1 aromatic heterocycles. The van der Waals surface area contributed by atoms with Gasteiger partial charge in [0.15, 0.2) is 5.88 Å². The third-order valence-electron chi connectivity index (χ3n) is 7.53. The molecule has 0 unspecified atom stereocenters. The fraction of sp³-hybridized carbons (Fsp3) is 0.250. The van der Waals surface area contributed by atoms with Crippen LogP contribution in [0.2, 0.25) is 0 Å². The van der Waals surface area contributed by atoms with Crippen molar-refractivity contribution in [3.63, 3.8) is 0 Å². The topological polar surface area (TPSA) is 174 Å². The number of aromatic amines is 1. The number of primary amides is 1. The highest BCUT2D eigenvalue weighted by Gasteiger charge is 2.21. The van der Waals surface area contributed by atoms with Gasteiger partial charge >= 0.3 is 5.97 Å². The number of rotatable bonds is 11. The number of hydrogen-bond donors (Lipinski definition) is 5. The Hall–Kier alpha value is -5.04. The molecule has 0 saturated carbocycles. The molecule has 5 rings (SSSR count). The number of nitrogens with two attached hydrogens (primary N) is 1. The van der Waals surface area contributed by atoms with Crippen LogP contribution in [0.1, 0.15) is 37.4 Å². The van der Waals surface area contributed by atoms with Gasteiger partial charge in [0.2, 0.25) is 5.91 Å². The number of carboxylic acids is 1. The van der Waals surface area contributed by atoms with Crippen LogP contribution in [0.5, 0.6) is 5.88 Å². The number of hydroxylamine groups is 1. The maximum absolute atomic E-state index is 12.7. The highest BCUT2D eigenvalue weighted by molar-refractivity contribution is 6.22. The average Bonchev–Trinajstić information content (AvgIpc) is 3.32. The molecule has 0 aliphatic carbocycles. The first kappa shape index (κ1) is 30.4. The van der Waals surface area contributed by atoms with Crippen LogP contribution in [-0.4, -0.2) is 94.4 Å². The number of fused-ring (bicyclic) bond motifs is 1. The third kappa shape index (κ3) is 7.11. The second-order valence-corrected chi connectivity index (χ2v) is 10.6. The van der Waals surface area contributed by atoms with Gasteiger partial charge in [-0.1, -0.05) is 30.3 Å². The Balaban J connectivity index is 1.28. The lowest BCUT2D eigenvalue weighted by Gasteiger charge is -2.33. The third-order valence-corrected chi connectivity index (χ3v) is 7.53. The molecule has 1 aliphatic rings. The number of amides is 2. The van der Waals surface area contributed by atoms with E-state index >= 15 is 0 Å². The zero-order chi connectivity index (χ0) is 31.2. The zero-order valence-corrected chi connectivity index (χ0v) is 24.2. The maximum Gasteiger partial charge on any atom is 0.336 e. The smallest absolute Gasteiger partial charge is 0.336 e. The summed E-state index contributed by atoms with van der Waals surface area (Å²) in [6, 6.07) is 19.2. The van der Waals surface area contributed by atoms with Crippen LogP contribution in [0.15, 0.2) is 71.7 Å². The maximum atomic E-state index is 12.7. The number of piperazine rings is 1. The number of aromatic nitrogens is 1. The lowest BCUT2D eigenvalue weighted by molar-refractivity contribution is -0.119. The Kier molecular flexibility index (Phi) is 9.34. The van der Waals surface area contributed by atoms with Gasteiger partial charge in [-0.25, -0.2) is 15.3 Å². The van der Waals surface area contributed by atoms with Crippen molar-refractivity contribution in [2.75, 3.05) is 45.9 Å². The van der Waals surface area contributed by atoms with Crippen molar-refractivity contribution in [2.45, 2.75) is 6.92 Å². The van der Waals surface area contributed by atoms with Gasteiger partial charge in [0.25, 0.3) is 5.91 Å². The number of aromatic carboxylic acids is 1. The molecule has 2 heterocycles. The van der Waals surface area contributed by atoms with Crippen molar-refractivity contribution in [3.05, 3.63) is 94.5 Å². The van der Waals surface area contributed by atoms with Gasteiger partial charge in [0, 0.05) is 54.8 Å². The second kappa shape index (κ2) is 13.5. The molecule has 3 aromatic carbocycles. The summed E-state index contributed by atoms with van der Waals surface area (Å²) in [5, 5.41) is 21.1. The van der Waals surface area contributed by atoms with Crippen LogP contribution in [0, 0.1) is 6.92 Å². The van der Waals surface area contributed by atoms with Crippen molar-refractivity contribution in [2.24, 2.45) is 10.7 Å². The molecular weight excluding hydrogens is 564 g/mol. The summed E-state index contributed by atoms with van der Waals surface area (Å²) in [4.78, 5) is 52.7. The van der Waals surface area contributed by atoms with Crippen molar-refractivity contribution in [3.8, 4) is 5.88 Å². The van der Waals surface area contributed by atoms with Crippen LogP contribution in [0.3, 0.4) is 0 Å². The molecule has 1 saturated heterocycles. The minimum atomic E-state index is -1.05. The van der Waals surface area contributed by atoms with Crippen LogP contribution in [0.25, 0.3) is 10.9 Å². The SMILES string of the molecule is Cc1cc2c(C(=Nc3ccc(C(=O)NOCCN4CCN(CC(N)=O)CC4)cc3)c3ccccc3)c(O)[nH]c2cc1C(=O)O. The summed E-state index contributed by atoms with van der Waals surface area (Å²) < 4.78 is 0. The van der Waals surface area contributed by atoms with Gasteiger partial charge < -0.3 is 20.9 Å². The molecule has 0 atom stereocenters. The highest BCUT2D eigenvalue weighted by atomic mass is 16.7. The molecule has 2 amide bonds. The number of hydrogen-bond acceptors (Lipinski definition) is 8. The van der Waals surface area contributed by atoms with Gasteiger partial charge in [0.1, 0.15) is 0 Å². The van der Waals surface area contributed by atoms with Gasteiger partial charge in [-0.15, -0.1) is 0 Å².